The summed E-state index contributed by atoms with van der Waals surface area (Å²) >= 11 is 3.61. The molecule has 8 heteroatoms. The van der Waals surface area contributed by atoms with Gasteiger partial charge in [0.25, 0.3) is 5.56 Å². The summed E-state index contributed by atoms with van der Waals surface area (Å²) in [7, 11) is 1.31. The number of hydrogen-bond donors (Lipinski definition) is 3. The first-order valence-electron chi connectivity index (χ1n) is 8.31. The van der Waals surface area contributed by atoms with Crippen molar-refractivity contribution in [2.24, 2.45) is 7.05 Å². The predicted octanol–water partition coefficient (Wildman–Crippen LogP) is 2.16. The topological polar surface area (TPSA) is 110 Å². The summed E-state index contributed by atoms with van der Waals surface area (Å²) in [5.74, 6) is -0.547. The van der Waals surface area contributed by atoms with E-state index in [4.69, 9.17) is 5.73 Å². The molecule has 3 rings (SSSR count). The molecule has 1 heterocycles. The first kappa shape index (κ1) is 18.9. The van der Waals surface area contributed by atoms with Crippen LogP contribution in [-0.2, 0) is 11.8 Å². The van der Waals surface area contributed by atoms with E-state index >= 15 is 0 Å². The standard InChI is InChI=1S/C19H19BrN4O3/c1-24-17(26)15(16(21)23-18(24)27)22-14(25)11-19(20)9-7-13(8-10-19)12-5-3-2-4-6-12/h2-9H,10-11,21H2,1H3,(H,22,25)(H,23,27)/t19-/m0/s1. The maximum absolute atomic E-state index is 12.4. The number of aromatic amines is 1. The highest BCUT2D eigenvalue weighted by atomic mass is 79.9. The zero-order valence-electron chi connectivity index (χ0n) is 14.7. The fraction of sp³-hybridized carbons (Fsp3) is 0.211. The summed E-state index contributed by atoms with van der Waals surface area (Å²) in [6.45, 7) is 0. The number of anilines is 2. The zero-order chi connectivity index (χ0) is 19.6. The van der Waals surface area contributed by atoms with Gasteiger partial charge >= 0.3 is 5.69 Å². The molecule has 0 bridgehead atoms. The van der Waals surface area contributed by atoms with Crippen molar-refractivity contribution >= 4 is 38.9 Å². The van der Waals surface area contributed by atoms with Crippen LogP contribution in [0.3, 0.4) is 0 Å². The van der Waals surface area contributed by atoms with Gasteiger partial charge in [-0.1, -0.05) is 64.5 Å². The highest BCUT2D eigenvalue weighted by molar-refractivity contribution is 9.10. The van der Waals surface area contributed by atoms with Crippen molar-refractivity contribution in [1.82, 2.24) is 9.55 Å². The van der Waals surface area contributed by atoms with Gasteiger partial charge in [-0.3, -0.25) is 19.1 Å². The SMILES string of the molecule is Cn1c(=O)[nH]c(N)c(NC(=O)C[C@]2(Br)C=CC(c3ccccc3)=CC2)c1=O. The van der Waals surface area contributed by atoms with Crippen LogP contribution in [0.1, 0.15) is 18.4 Å². The number of H-pyrrole nitrogens is 1. The third-order valence-corrected chi connectivity index (χ3v) is 5.25. The molecule has 7 nitrogen and oxygen atoms in total. The number of nitrogens with two attached hydrogens (primary N) is 1. The van der Waals surface area contributed by atoms with Crippen LogP contribution in [-0.4, -0.2) is 19.8 Å². The van der Waals surface area contributed by atoms with E-state index in [1.807, 2.05) is 42.5 Å². The van der Waals surface area contributed by atoms with Gasteiger partial charge < -0.3 is 11.1 Å². The molecule has 1 amide bonds. The largest absolute Gasteiger partial charge is 0.383 e. The van der Waals surface area contributed by atoms with Crippen LogP contribution >= 0.6 is 15.9 Å². The van der Waals surface area contributed by atoms with Crippen molar-refractivity contribution in [3.05, 3.63) is 75.0 Å². The number of allylic oxidation sites excluding steroid dienone is 4. The molecular weight excluding hydrogens is 412 g/mol. The van der Waals surface area contributed by atoms with Crippen LogP contribution in [0.5, 0.6) is 0 Å². The van der Waals surface area contributed by atoms with E-state index < -0.39 is 15.6 Å². The number of carbonyl (C=O) groups excluding carboxylic acids is 1. The van der Waals surface area contributed by atoms with Gasteiger partial charge in [0.15, 0.2) is 0 Å². The van der Waals surface area contributed by atoms with Crippen molar-refractivity contribution in [1.29, 1.82) is 0 Å². The van der Waals surface area contributed by atoms with Gasteiger partial charge in [0, 0.05) is 13.5 Å². The Kier molecular flexibility index (Phi) is 5.18. The maximum atomic E-state index is 12.4. The summed E-state index contributed by atoms with van der Waals surface area (Å²) in [6.07, 6.45) is 6.67. The molecule has 0 saturated heterocycles. The van der Waals surface area contributed by atoms with E-state index in [-0.39, 0.29) is 23.8 Å². The molecule has 0 unspecified atom stereocenters. The van der Waals surface area contributed by atoms with Gasteiger partial charge in [-0.25, -0.2) is 4.79 Å². The number of hydrogen-bond acceptors (Lipinski definition) is 4. The third-order valence-electron chi connectivity index (χ3n) is 4.38. The second-order valence-electron chi connectivity index (χ2n) is 6.41. The molecule has 1 aliphatic rings. The molecule has 27 heavy (non-hydrogen) atoms. The van der Waals surface area contributed by atoms with Gasteiger partial charge in [-0.05, 0) is 17.6 Å². The average Bonchev–Trinajstić information content (AvgIpc) is 2.64. The molecule has 0 aliphatic heterocycles. The lowest BCUT2D eigenvalue weighted by atomic mass is 9.90. The molecule has 2 aromatic rings. The molecule has 1 atom stereocenters. The molecule has 4 N–H and O–H groups in total. The molecule has 1 aliphatic carbocycles. The molecule has 0 radical (unpaired) electrons. The minimum absolute atomic E-state index is 0.101. The van der Waals surface area contributed by atoms with Crippen LogP contribution in [0.15, 0.2) is 58.1 Å². The monoisotopic (exact) mass is 430 g/mol. The fourth-order valence-corrected chi connectivity index (χ4v) is 3.39. The second kappa shape index (κ2) is 7.40. The highest BCUT2D eigenvalue weighted by Crippen LogP contribution is 2.36. The zero-order valence-corrected chi connectivity index (χ0v) is 16.2. The Morgan fingerprint density at radius 1 is 1.33 bits per heavy atom. The number of alkyl halides is 1. The summed E-state index contributed by atoms with van der Waals surface area (Å²) in [5.41, 5.74) is 6.45. The number of carbonyl (C=O) groups is 1. The van der Waals surface area contributed by atoms with Gasteiger partial charge in [-0.15, -0.1) is 0 Å². The predicted molar refractivity (Wildman–Crippen MR) is 110 cm³/mol. The maximum Gasteiger partial charge on any atom is 0.329 e. The lowest BCUT2D eigenvalue weighted by molar-refractivity contribution is -0.116. The number of benzene rings is 1. The minimum atomic E-state index is -0.654. The number of rotatable bonds is 4. The van der Waals surface area contributed by atoms with Crippen LogP contribution < -0.4 is 22.3 Å². The smallest absolute Gasteiger partial charge is 0.329 e. The number of nitrogens with one attached hydrogen (secondary N) is 2. The molecule has 0 saturated carbocycles. The van der Waals surface area contributed by atoms with Gasteiger partial charge in [0.05, 0.1) is 4.32 Å². The summed E-state index contributed by atoms with van der Waals surface area (Å²) in [6, 6.07) is 9.96. The molecule has 1 aromatic carbocycles. The van der Waals surface area contributed by atoms with Gasteiger partial charge in [-0.2, -0.15) is 0 Å². The van der Waals surface area contributed by atoms with E-state index in [9.17, 15) is 14.4 Å². The van der Waals surface area contributed by atoms with Gasteiger partial charge in [0.2, 0.25) is 5.91 Å². The van der Waals surface area contributed by atoms with E-state index in [2.05, 4.69) is 32.3 Å². The Hall–Kier alpha value is -2.87. The number of halogens is 1. The number of aromatic nitrogens is 2. The van der Waals surface area contributed by atoms with Crippen molar-refractivity contribution in [2.75, 3.05) is 11.1 Å². The number of nitrogen functional groups attached to an aromatic ring is 1. The van der Waals surface area contributed by atoms with E-state index in [1.54, 1.807) is 0 Å². The Morgan fingerprint density at radius 2 is 2.04 bits per heavy atom. The third kappa shape index (κ3) is 4.11. The van der Waals surface area contributed by atoms with Crippen LogP contribution in [0.2, 0.25) is 0 Å². The summed E-state index contributed by atoms with van der Waals surface area (Å²) in [5, 5.41) is 2.51. The molecule has 1 aromatic heterocycles. The Balaban J connectivity index is 1.72. The fourth-order valence-electron chi connectivity index (χ4n) is 2.84. The number of amides is 1. The van der Waals surface area contributed by atoms with E-state index in [0.29, 0.717) is 6.42 Å². The summed E-state index contributed by atoms with van der Waals surface area (Å²) < 4.78 is 0.294. The quantitative estimate of drug-likeness (QED) is 0.645. The Morgan fingerprint density at radius 3 is 2.67 bits per heavy atom. The average molecular weight is 431 g/mol. The normalized spacial score (nSPS) is 18.8. The van der Waals surface area contributed by atoms with Crippen LogP contribution in [0.25, 0.3) is 5.57 Å². The van der Waals surface area contributed by atoms with E-state index in [0.717, 1.165) is 15.7 Å². The lowest BCUT2D eigenvalue weighted by Gasteiger charge is -2.25. The van der Waals surface area contributed by atoms with Crippen molar-refractivity contribution in [3.8, 4) is 0 Å². The van der Waals surface area contributed by atoms with E-state index in [1.165, 1.54) is 7.05 Å². The molecule has 0 spiro atoms. The van der Waals surface area contributed by atoms with Crippen molar-refractivity contribution in [3.63, 3.8) is 0 Å². The minimum Gasteiger partial charge on any atom is -0.383 e. The first-order valence-corrected chi connectivity index (χ1v) is 9.11. The van der Waals surface area contributed by atoms with Crippen LogP contribution in [0.4, 0.5) is 11.5 Å². The highest BCUT2D eigenvalue weighted by Gasteiger charge is 2.29. The first-order chi connectivity index (χ1) is 12.8. The molecular formula is C19H19BrN4O3. The van der Waals surface area contributed by atoms with Crippen molar-refractivity contribution < 1.29 is 4.79 Å². The molecule has 140 valence electrons. The number of nitrogens with zero attached hydrogens (tertiary/aromatic N) is 1. The van der Waals surface area contributed by atoms with Crippen molar-refractivity contribution in [2.45, 2.75) is 17.2 Å². The summed E-state index contributed by atoms with van der Waals surface area (Å²) in [4.78, 5) is 38.4. The Labute approximate surface area is 163 Å². The Bertz CT molecular complexity index is 1050. The van der Waals surface area contributed by atoms with Gasteiger partial charge in [0.1, 0.15) is 11.5 Å². The van der Waals surface area contributed by atoms with Crippen LogP contribution in [0, 0.1) is 0 Å². The second-order valence-corrected chi connectivity index (χ2v) is 7.98. The lowest BCUT2D eigenvalue weighted by Crippen LogP contribution is -2.37. The molecule has 0 fully saturated rings.